The van der Waals surface area contributed by atoms with Gasteiger partial charge in [0.05, 0.1) is 28.7 Å². The molecule has 0 saturated heterocycles. The highest BCUT2D eigenvalue weighted by atomic mass is 35.5. The van der Waals surface area contributed by atoms with E-state index in [1.165, 1.54) is 0 Å². The van der Waals surface area contributed by atoms with Gasteiger partial charge in [-0.05, 0) is 18.6 Å². The number of rotatable bonds is 4. The zero-order valence-corrected chi connectivity index (χ0v) is 12.5. The molecular weight excluding hydrogens is 285 g/mol. The van der Waals surface area contributed by atoms with Crippen LogP contribution in [0.4, 0.5) is 0 Å². The summed E-state index contributed by atoms with van der Waals surface area (Å²) in [4.78, 5) is 6.34. The first kappa shape index (κ1) is 14.4. The molecular formula is C13H17Cl2N3O. The highest BCUT2D eigenvalue weighted by Crippen LogP contribution is 2.39. The Labute approximate surface area is 123 Å². The number of hydrogen-bond donors (Lipinski definition) is 1. The second-order valence-corrected chi connectivity index (χ2v) is 5.48. The van der Waals surface area contributed by atoms with E-state index < -0.39 is 0 Å². The summed E-state index contributed by atoms with van der Waals surface area (Å²) >= 11 is 12.4. The van der Waals surface area contributed by atoms with Crippen LogP contribution in [0.15, 0.2) is 23.2 Å². The molecule has 0 radical (unpaired) electrons. The Kier molecular flexibility index (Phi) is 4.23. The molecule has 1 aliphatic heterocycles. The summed E-state index contributed by atoms with van der Waals surface area (Å²) in [6.07, 6.45) is 0. The van der Waals surface area contributed by atoms with Gasteiger partial charge in [-0.1, -0.05) is 35.3 Å². The lowest BCUT2D eigenvalue weighted by molar-refractivity contribution is 0.137. The molecule has 1 atom stereocenters. The number of hydrogen-bond acceptors (Lipinski definition) is 4. The fraction of sp³-hybridized carbons (Fsp3) is 0.462. The Morgan fingerprint density at radius 2 is 2.21 bits per heavy atom. The Morgan fingerprint density at radius 3 is 2.89 bits per heavy atom. The van der Waals surface area contributed by atoms with Crippen molar-refractivity contribution in [3.8, 4) is 0 Å². The predicted octanol–water partition coefficient (Wildman–Crippen LogP) is 2.49. The van der Waals surface area contributed by atoms with Crippen LogP contribution in [0.5, 0.6) is 0 Å². The molecule has 0 spiro atoms. The first-order valence-electron chi connectivity index (χ1n) is 6.01. The molecule has 1 heterocycles. The Hall–Kier alpha value is -0.970. The van der Waals surface area contributed by atoms with Crippen molar-refractivity contribution in [2.75, 3.05) is 26.8 Å². The minimum absolute atomic E-state index is 0.384. The number of nitrogens with zero attached hydrogens (tertiary/aromatic N) is 2. The average molecular weight is 302 g/mol. The van der Waals surface area contributed by atoms with E-state index >= 15 is 0 Å². The number of guanidine groups is 1. The minimum atomic E-state index is -0.384. The number of ether oxygens (including phenoxy) is 1. The van der Waals surface area contributed by atoms with Gasteiger partial charge in [0.25, 0.3) is 0 Å². The molecule has 19 heavy (non-hydrogen) atoms. The third-order valence-electron chi connectivity index (χ3n) is 3.47. The van der Waals surface area contributed by atoms with Crippen molar-refractivity contribution in [2.45, 2.75) is 12.5 Å². The van der Waals surface area contributed by atoms with Crippen molar-refractivity contribution in [3.63, 3.8) is 0 Å². The van der Waals surface area contributed by atoms with E-state index in [9.17, 15) is 0 Å². The number of aliphatic imine (C=N–C) groups is 1. The molecule has 1 aromatic carbocycles. The zero-order valence-electron chi connectivity index (χ0n) is 11.0. The molecule has 0 amide bonds. The smallest absolute Gasteiger partial charge is 0.192 e. The van der Waals surface area contributed by atoms with Gasteiger partial charge in [0.2, 0.25) is 0 Å². The van der Waals surface area contributed by atoms with Crippen LogP contribution in [0.25, 0.3) is 0 Å². The minimum Gasteiger partial charge on any atom is -0.383 e. The van der Waals surface area contributed by atoms with Gasteiger partial charge in [-0.3, -0.25) is 4.99 Å². The monoisotopic (exact) mass is 301 g/mol. The Balaban J connectivity index is 2.38. The normalized spacial score (nSPS) is 22.7. The van der Waals surface area contributed by atoms with Crippen molar-refractivity contribution < 1.29 is 4.74 Å². The molecule has 104 valence electrons. The van der Waals surface area contributed by atoms with E-state index in [1.807, 2.05) is 17.0 Å². The maximum absolute atomic E-state index is 6.33. The van der Waals surface area contributed by atoms with Crippen LogP contribution in [0.1, 0.15) is 12.5 Å². The second-order valence-electron chi connectivity index (χ2n) is 4.69. The first-order valence-corrected chi connectivity index (χ1v) is 6.77. The molecule has 0 fully saturated rings. The summed E-state index contributed by atoms with van der Waals surface area (Å²) in [6.45, 7) is 3.85. The second kappa shape index (κ2) is 5.57. The SMILES string of the molecule is COCCN1C(N)=NCC1(C)c1cccc(Cl)c1Cl. The Bertz CT molecular complexity index is 507. The summed E-state index contributed by atoms with van der Waals surface area (Å²) in [5, 5.41) is 1.09. The van der Waals surface area contributed by atoms with E-state index in [1.54, 1.807) is 13.2 Å². The molecule has 2 N–H and O–H groups in total. The van der Waals surface area contributed by atoms with Crippen LogP contribution in [-0.2, 0) is 10.3 Å². The maximum atomic E-state index is 6.33. The number of nitrogens with two attached hydrogens (primary N) is 1. The molecule has 0 bridgehead atoms. The van der Waals surface area contributed by atoms with Gasteiger partial charge in [-0.15, -0.1) is 0 Å². The van der Waals surface area contributed by atoms with E-state index in [0.717, 1.165) is 5.56 Å². The summed E-state index contributed by atoms with van der Waals surface area (Å²) in [5.74, 6) is 0.510. The van der Waals surface area contributed by atoms with Crippen LogP contribution >= 0.6 is 23.2 Å². The van der Waals surface area contributed by atoms with Gasteiger partial charge in [-0.25, -0.2) is 0 Å². The van der Waals surface area contributed by atoms with E-state index in [0.29, 0.717) is 35.7 Å². The van der Waals surface area contributed by atoms with Crippen LogP contribution in [0.3, 0.4) is 0 Å². The van der Waals surface area contributed by atoms with Crippen LogP contribution in [-0.4, -0.2) is 37.7 Å². The van der Waals surface area contributed by atoms with Crippen LogP contribution in [0.2, 0.25) is 10.0 Å². The molecule has 4 nitrogen and oxygen atoms in total. The van der Waals surface area contributed by atoms with Gasteiger partial charge < -0.3 is 15.4 Å². The Morgan fingerprint density at radius 1 is 1.47 bits per heavy atom. The standard InChI is InChI=1S/C13H17Cl2N3O/c1-13(9-4-3-5-10(14)11(9)15)8-17-12(16)18(13)6-7-19-2/h3-5H,6-8H2,1-2H3,(H2,16,17). The topological polar surface area (TPSA) is 50.9 Å². The lowest BCUT2D eigenvalue weighted by Crippen LogP contribution is -2.49. The third kappa shape index (κ3) is 2.53. The van der Waals surface area contributed by atoms with Gasteiger partial charge in [0, 0.05) is 13.7 Å². The summed E-state index contributed by atoms with van der Waals surface area (Å²) in [7, 11) is 1.66. The molecule has 6 heteroatoms. The molecule has 2 rings (SSSR count). The zero-order chi connectivity index (χ0) is 14.0. The lowest BCUT2D eigenvalue weighted by atomic mass is 9.91. The molecule has 0 aromatic heterocycles. The van der Waals surface area contributed by atoms with E-state index in [2.05, 4.69) is 11.9 Å². The van der Waals surface area contributed by atoms with Crippen LogP contribution in [0, 0.1) is 0 Å². The molecule has 1 aromatic rings. The third-order valence-corrected chi connectivity index (χ3v) is 4.29. The fourth-order valence-corrected chi connectivity index (χ4v) is 2.86. The van der Waals surface area contributed by atoms with Crippen molar-refractivity contribution in [3.05, 3.63) is 33.8 Å². The average Bonchev–Trinajstić information content (AvgIpc) is 2.67. The van der Waals surface area contributed by atoms with Gasteiger partial charge in [-0.2, -0.15) is 0 Å². The first-order chi connectivity index (χ1) is 9.00. The number of benzene rings is 1. The number of halogens is 2. The van der Waals surface area contributed by atoms with Gasteiger partial charge >= 0.3 is 0 Å². The summed E-state index contributed by atoms with van der Waals surface area (Å²) in [6, 6.07) is 5.62. The predicted molar refractivity (Wildman–Crippen MR) is 78.9 cm³/mol. The van der Waals surface area contributed by atoms with Crippen molar-refractivity contribution in [2.24, 2.45) is 10.7 Å². The van der Waals surface area contributed by atoms with Crippen molar-refractivity contribution in [1.29, 1.82) is 0 Å². The van der Waals surface area contributed by atoms with Crippen molar-refractivity contribution >= 4 is 29.2 Å². The van der Waals surface area contributed by atoms with Gasteiger partial charge in [0.15, 0.2) is 5.96 Å². The highest BCUT2D eigenvalue weighted by Gasteiger charge is 2.40. The molecule has 0 saturated carbocycles. The van der Waals surface area contributed by atoms with Crippen molar-refractivity contribution in [1.82, 2.24) is 4.90 Å². The number of methoxy groups -OCH3 is 1. The summed E-state index contributed by atoms with van der Waals surface area (Å²) < 4.78 is 5.12. The molecule has 1 unspecified atom stereocenters. The van der Waals surface area contributed by atoms with E-state index in [-0.39, 0.29) is 5.54 Å². The quantitative estimate of drug-likeness (QED) is 0.929. The molecule has 0 aliphatic carbocycles. The van der Waals surface area contributed by atoms with E-state index in [4.69, 9.17) is 33.7 Å². The fourth-order valence-electron chi connectivity index (χ4n) is 2.35. The van der Waals surface area contributed by atoms with Crippen LogP contribution < -0.4 is 5.73 Å². The summed E-state index contributed by atoms with van der Waals surface area (Å²) in [5.41, 5.74) is 6.51. The highest BCUT2D eigenvalue weighted by molar-refractivity contribution is 6.42. The largest absolute Gasteiger partial charge is 0.383 e. The maximum Gasteiger partial charge on any atom is 0.192 e. The van der Waals surface area contributed by atoms with Gasteiger partial charge in [0.1, 0.15) is 0 Å². The molecule has 1 aliphatic rings. The lowest BCUT2D eigenvalue weighted by Gasteiger charge is -2.37.